The molecular formula is C11H13F4NO2. The number of anilines is 1. The summed E-state index contributed by atoms with van der Waals surface area (Å²) in [4.78, 5) is 0. The maximum absolute atomic E-state index is 12.6. The molecule has 1 aromatic rings. The van der Waals surface area contributed by atoms with Gasteiger partial charge >= 0.3 is 12.3 Å². The van der Waals surface area contributed by atoms with Crippen LogP contribution in [0.15, 0.2) is 18.2 Å². The number of nitrogen functional groups attached to an aromatic ring is 1. The van der Waals surface area contributed by atoms with Gasteiger partial charge in [0.25, 0.3) is 0 Å². The lowest BCUT2D eigenvalue weighted by molar-refractivity contribution is -0.148. The summed E-state index contributed by atoms with van der Waals surface area (Å²) in [6.07, 6.45) is -3.77. The molecule has 3 nitrogen and oxygen atoms in total. The van der Waals surface area contributed by atoms with Gasteiger partial charge in [-0.25, -0.2) is 8.78 Å². The van der Waals surface area contributed by atoms with Crippen molar-refractivity contribution in [3.63, 3.8) is 0 Å². The predicted molar refractivity (Wildman–Crippen MR) is 58.5 cm³/mol. The van der Waals surface area contributed by atoms with E-state index in [0.29, 0.717) is 12.4 Å². The molecule has 1 rings (SSSR count). The van der Waals surface area contributed by atoms with Gasteiger partial charge in [0.05, 0.1) is 6.61 Å². The summed E-state index contributed by atoms with van der Waals surface area (Å²) in [6.45, 7) is 0.671. The zero-order chi connectivity index (χ0) is 13.8. The molecule has 0 radical (unpaired) electrons. The van der Waals surface area contributed by atoms with E-state index in [9.17, 15) is 17.6 Å². The third-order valence-corrected chi connectivity index (χ3v) is 1.96. The molecule has 0 spiro atoms. The standard InChI is InChI=1S/C11H13F4NO2/c1-2-17-8-3-7(16)4-9(5-8)18-6-11(14,15)10(12)13/h3-5,10H,2,6,16H2,1H3. The molecule has 0 aliphatic rings. The summed E-state index contributed by atoms with van der Waals surface area (Å²) in [5, 5.41) is 0. The smallest absolute Gasteiger partial charge is 0.340 e. The maximum Gasteiger partial charge on any atom is 0.340 e. The van der Waals surface area contributed by atoms with E-state index in [1.165, 1.54) is 18.2 Å². The number of halogens is 4. The molecule has 0 atom stereocenters. The molecule has 0 fully saturated rings. The quantitative estimate of drug-likeness (QED) is 0.636. The molecule has 18 heavy (non-hydrogen) atoms. The molecule has 7 heteroatoms. The van der Waals surface area contributed by atoms with E-state index >= 15 is 0 Å². The van der Waals surface area contributed by atoms with Crippen LogP contribution in [0.1, 0.15) is 6.92 Å². The predicted octanol–water partition coefficient (Wildman–Crippen LogP) is 2.95. The Morgan fingerprint density at radius 3 is 2.22 bits per heavy atom. The lowest BCUT2D eigenvalue weighted by atomic mass is 10.3. The van der Waals surface area contributed by atoms with Crippen molar-refractivity contribution in [1.29, 1.82) is 0 Å². The molecule has 0 heterocycles. The molecule has 102 valence electrons. The average Bonchev–Trinajstić information content (AvgIpc) is 2.26. The fraction of sp³-hybridized carbons (Fsp3) is 0.455. The summed E-state index contributed by atoms with van der Waals surface area (Å²) in [7, 11) is 0. The Balaban J connectivity index is 2.73. The van der Waals surface area contributed by atoms with Crippen LogP contribution < -0.4 is 15.2 Å². The average molecular weight is 267 g/mol. The van der Waals surface area contributed by atoms with Crippen molar-refractivity contribution in [2.75, 3.05) is 18.9 Å². The Morgan fingerprint density at radius 1 is 1.17 bits per heavy atom. The first-order valence-corrected chi connectivity index (χ1v) is 5.17. The van der Waals surface area contributed by atoms with Crippen molar-refractivity contribution in [3.05, 3.63) is 18.2 Å². The Hall–Kier alpha value is -1.66. The zero-order valence-corrected chi connectivity index (χ0v) is 9.63. The lowest BCUT2D eigenvalue weighted by Crippen LogP contribution is -2.33. The molecule has 0 aromatic heterocycles. The molecule has 0 saturated carbocycles. The number of benzene rings is 1. The Morgan fingerprint density at radius 2 is 1.72 bits per heavy atom. The molecule has 0 saturated heterocycles. The first-order chi connectivity index (χ1) is 8.35. The first-order valence-electron chi connectivity index (χ1n) is 5.17. The fourth-order valence-corrected chi connectivity index (χ4v) is 1.17. The van der Waals surface area contributed by atoms with Crippen molar-refractivity contribution in [2.24, 2.45) is 0 Å². The van der Waals surface area contributed by atoms with Crippen molar-refractivity contribution in [2.45, 2.75) is 19.3 Å². The molecule has 1 aromatic carbocycles. The largest absolute Gasteiger partial charge is 0.494 e. The van der Waals surface area contributed by atoms with Crippen LogP contribution in [0.5, 0.6) is 11.5 Å². The highest BCUT2D eigenvalue weighted by Gasteiger charge is 2.41. The summed E-state index contributed by atoms with van der Waals surface area (Å²) < 4.78 is 58.8. The minimum atomic E-state index is -4.20. The van der Waals surface area contributed by atoms with Gasteiger partial charge in [0, 0.05) is 23.9 Å². The number of hydrogen-bond acceptors (Lipinski definition) is 3. The summed E-state index contributed by atoms with van der Waals surface area (Å²) >= 11 is 0. The molecule has 0 aliphatic heterocycles. The third-order valence-electron chi connectivity index (χ3n) is 1.96. The van der Waals surface area contributed by atoms with Crippen LogP contribution in [0.4, 0.5) is 23.2 Å². The van der Waals surface area contributed by atoms with Crippen LogP contribution in [0.2, 0.25) is 0 Å². The second kappa shape index (κ2) is 5.79. The summed E-state index contributed by atoms with van der Waals surface area (Å²) in [5.74, 6) is -3.91. The van der Waals surface area contributed by atoms with Crippen molar-refractivity contribution < 1.29 is 27.0 Å². The Bertz CT molecular complexity index is 399. The highest BCUT2D eigenvalue weighted by Crippen LogP contribution is 2.28. The monoisotopic (exact) mass is 267 g/mol. The number of nitrogens with two attached hydrogens (primary N) is 1. The van der Waals surface area contributed by atoms with E-state index in [0.717, 1.165) is 0 Å². The topological polar surface area (TPSA) is 44.5 Å². The van der Waals surface area contributed by atoms with Crippen LogP contribution in [0.3, 0.4) is 0 Å². The van der Waals surface area contributed by atoms with E-state index in [2.05, 4.69) is 4.74 Å². The van der Waals surface area contributed by atoms with E-state index in [4.69, 9.17) is 10.5 Å². The van der Waals surface area contributed by atoms with Crippen molar-refractivity contribution in [1.82, 2.24) is 0 Å². The van der Waals surface area contributed by atoms with E-state index in [-0.39, 0.29) is 11.4 Å². The lowest BCUT2D eigenvalue weighted by Gasteiger charge is -2.16. The van der Waals surface area contributed by atoms with E-state index in [1.54, 1.807) is 6.92 Å². The van der Waals surface area contributed by atoms with Crippen molar-refractivity contribution >= 4 is 5.69 Å². The third kappa shape index (κ3) is 3.97. The molecule has 0 bridgehead atoms. The number of rotatable bonds is 6. The second-order valence-corrected chi connectivity index (χ2v) is 3.52. The van der Waals surface area contributed by atoms with Crippen molar-refractivity contribution in [3.8, 4) is 11.5 Å². The fourth-order valence-electron chi connectivity index (χ4n) is 1.17. The molecule has 0 aliphatic carbocycles. The van der Waals surface area contributed by atoms with Crippen LogP contribution in [0, 0.1) is 0 Å². The van der Waals surface area contributed by atoms with Crippen LogP contribution in [-0.4, -0.2) is 25.6 Å². The first kappa shape index (κ1) is 14.4. The Labute approximate surface area is 101 Å². The van der Waals surface area contributed by atoms with Gasteiger partial charge in [0.15, 0.2) is 6.61 Å². The van der Waals surface area contributed by atoms with Crippen LogP contribution >= 0.6 is 0 Å². The second-order valence-electron chi connectivity index (χ2n) is 3.52. The normalized spacial score (nSPS) is 11.7. The van der Waals surface area contributed by atoms with Gasteiger partial charge in [-0.1, -0.05) is 0 Å². The minimum absolute atomic E-state index is 0.0428. The number of alkyl halides is 4. The molecule has 2 N–H and O–H groups in total. The number of ether oxygens (including phenoxy) is 2. The van der Waals surface area contributed by atoms with Gasteiger partial charge in [0.1, 0.15) is 11.5 Å². The van der Waals surface area contributed by atoms with Gasteiger partial charge in [-0.15, -0.1) is 0 Å². The zero-order valence-electron chi connectivity index (χ0n) is 9.63. The van der Waals surface area contributed by atoms with Crippen LogP contribution in [0.25, 0.3) is 0 Å². The van der Waals surface area contributed by atoms with E-state index < -0.39 is 19.0 Å². The summed E-state index contributed by atoms with van der Waals surface area (Å²) in [6, 6.07) is 4.03. The van der Waals surface area contributed by atoms with Gasteiger partial charge in [-0.2, -0.15) is 8.78 Å². The molecule has 0 amide bonds. The van der Waals surface area contributed by atoms with E-state index in [1.807, 2.05) is 0 Å². The highest BCUT2D eigenvalue weighted by atomic mass is 19.3. The minimum Gasteiger partial charge on any atom is -0.494 e. The Kier molecular flexibility index (Phi) is 4.63. The maximum atomic E-state index is 12.6. The van der Waals surface area contributed by atoms with Gasteiger partial charge in [0.2, 0.25) is 0 Å². The van der Waals surface area contributed by atoms with Gasteiger partial charge < -0.3 is 15.2 Å². The molecular weight excluding hydrogens is 254 g/mol. The SMILES string of the molecule is CCOc1cc(N)cc(OCC(F)(F)C(F)F)c1. The molecule has 0 unspecified atom stereocenters. The highest BCUT2D eigenvalue weighted by molar-refractivity contribution is 5.50. The van der Waals surface area contributed by atoms with Gasteiger partial charge in [-0.05, 0) is 6.92 Å². The van der Waals surface area contributed by atoms with Gasteiger partial charge in [-0.3, -0.25) is 0 Å². The summed E-state index contributed by atoms with van der Waals surface area (Å²) in [5.41, 5.74) is 5.73. The number of hydrogen-bond donors (Lipinski definition) is 1. The van der Waals surface area contributed by atoms with Crippen LogP contribution in [-0.2, 0) is 0 Å².